The van der Waals surface area contributed by atoms with Crippen LogP contribution in [0.4, 0.5) is 11.4 Å². The zero-order valence-corrected chi connectivity index (χ0v) is 22.6. The molecule has 206 valence electrons. The minimum atomic E-state index is -0.921. The first kappa shape index (κ1) is 27.5. The van der Waals surface area contributed by atoms with Crippen LogP contribution in [0.5, 0.6) is 0 Å². The summed E-state index contributed by atoms with van der Waals surface area (Å²) in [6.07, 6.45) is 3.26. The normalized spacial score (nSPS) is 14.5. The number of aromatic nitrogens is 2. The van der Waals surface area contributed by atoms with E-state index < -0.39 is 29.7 Å². The summed E-state index contributed by atoms with van der Waals surface area (Å²) in [7, 11) is 1.24. The number of ether oxygens (including phenoxy) is 1. The summed E-state index contributed by atoms with van der Waals surface area (Å²) in [6, 6.07) is 18.7. The lowest BCUT2D eigenvalue weighted by Gasteiger charge is -2.29. The van der Waals surface area contributed by atoms with Gasteiger partial charge in [-0.1, -0.05) is 29.8 Å². The minimum absolute atomic E-state index is 0.0142. The minimum Gasteiger partial charge on any atom is -0.465 e. The highest BCUT2D eigenvalue weighted by Crippen LogP contribution is 2.29. The maximum Gasteiger partial charge on any atom is 0.339 e. The van der Waals surface area contributed by atoms with Crippen LogP contribution in [0.1, 0.15) is 42.5 Å². The first-order valence-corrected chi connectivity index (χ1v) is 13.0. The second-order valence-electron chi connectivity index (χ2n) is 9.19. The van der Waals surface area contributed by atoms with Crippen molar-refractivity contribution in [2.24, 2.45) is 0 Å². The molecule has 1 aliphatic heterocycles. The van der Waals surface area contributed by atoms with Gasteiger partial charge in [0.15, 0.2) is 0 Å². The molecule has 0 radical (unpaired) electrons. The zero-order chi connectivity index (χ0) is 28.9. The van der Waals surface area contributed by atoms with Crippen LogP contribution in [0, 0.1) is 0 Å². The molecule has 3 amide bonds. The molecule has 0 spiro atoms. The number of benzene rings is 2. The fourth-order valence-electron chi connectivity index (χ4n) is 4.52. The number of anilines is 2. The lowest BCUT2D eigenvalue weighted by atomic mass is 10.0. The van der Waals surface area contributed by atoms with Crippen molar-refractivity contribution in [2.45, 2.75) is 19.0 Å². The molecule has 4 aromatic rings. The molecule has 1 aliphatic rings. The predicted octanol–water partition coefficient (Wildman–Crippen LogP) is 4.37. The summed E-state index contributed by atoms with van der Waals surface area (Å²) in [5.41, 5.74) is 2.21. The Bertz CT molecular complexity index is 1630. The van der Waals surface area contributed by atoms with Gasteiger partial charge in [-0.2, -0.15) is 0 Å². The number of pyridine rings is 2. The maximum absolute atomic E-state index is 13.9. The molecule has 0 aliphatic carbocycles. The van der Waals surface area contributed by atoms with Crippen LogP contribution in [0.25, 0.3) is 0 Å². The van der Waals surface area contributed by atoms with Crippen molar-refractivity contribution in [3.8, 4) is 0 Å². The number of rotatable bonds is 7. The highest BCUT2D eigenvalue weighted by molar-refractivity contribution is 6.31. The van der Waals surface area contributed by atoms with Gasteiger partial charge in [-0.3, -0.25) is 24.4 Å². The molecule has 11 heteroatoms. The van der Waals surface area contributed by atoms with Gasteiger partial charge in [0.05, 0.1) is 29.6 Å². The van der Waals surface area contributed by atoms with Crippen LogP contribution in [0.2, 0.25) is 5.02 Å². The number of fused-ring (bicyclic) bond motifs is 1. The number of nitrogens with one attached hydrogen (secondary N) is 2. The van der Waals surface area contributed by atoms with Crippen LogP contribution in [-0.2, 0) is 22.5 Å². The van der Waals surface area contributed by atoms with Crippen LogP contribution in [0.3, 0.4) is 0 Å². The van der Waals surface area contributed by atoms with Gasteiger partial charge in [0.25, 0.3) is 11.8 Å². The molecule has 0 saturated heterocycles. The van der Waals surface area contributed by atoms with E-state index >= 15 is 0 Å². The van der Waals surface area contributed by atoms with Crippen molar-refractivity contribution in [1.82, 2.24) is 14.9 Å². The van der Waals surface area contributed by atoms with E-state index in [1.54, 1.807) is 60.8 Å². The van der Waals surface area contributed by atoms with Crippen molar-refractivity contribution < 1.29 is 23.9 Å². The quantitative estimate of drug-likeness (QED) is 0.316. The van der Waals surface area contributed by atoms with E-state index in [2.05, 4.69) is 20.6 Å². The second kappa shape index (κ2) is 12.0. The molecule has 2 aromatic carbocycles. The number of methoxy groups -OCH3 is 1. The lowest BCUT2D eigenvalue weighted by Crippen LogP contribution is -2.46. The molecule has 41 heavy (non-hydrogen) atoms. The summed E-state index contributed by atoms with van der Waals surface area (Å²) in [4.78, 5) is 62.6. The van der Waals surface area contributed by atoms with E-state index in [1.165, 1.54) is 36.4 Å². The summed E-state index contributed by atoms with van der Waals surface area (Å²) >= 11 is 6.15. The van der Waals surface area contributed by atoms with E-state index in [0.717, 1.165) is 0 Å². The van der Waals surface area contributed by atoms with Crippen LogP contribution in [0.15, 0.2) is 85.2 Å². The summed E-state index contributed by atoms with van der Waals surface area (Å²) in [5, 5.41) is 5.92. The Morgan fingerprint density at radius 2 is 1.78 bits per heavy atom. The number of carbonyl (C=O) groups excluding carboxylic acids is 4. The number of hydrogen-bond acceptors (Lipinski definition) is 7. The molecule has 3 heterocycles. The van der Waals surface area contributed by atoms with Crippen molar-refractivity contribution in [3.05, 3.63) is 118 Å². The van der Waals surface area contributed by atoms with E-state index in [-0.39, 0.29) is 35.5 Å². The van der Waals surface area contributed by atoms with Crippen LogP contribution < -0.4 is 10.6 Å². The number of carbonyl (C=O) groups is 4. The number of nitrogens with zero attached hydrogens (tertiary/aromatic N) is 3. The van der Waals surface area contributed by atoms with Crippen LogP contribution >= 0.6 is 11.6 Å². The van der Waals surface area contributed by atoms with Gasteiger partial charge < -0.3 is 20.3 Å². The van der Waals surface area contributed by atoms with Crippen molar-refractivity contribution in [3.63, 3.8) is 0 Å². The fourth-order valence-corrected chi connectivity index (χ4v) is 4.70. The Morgan fingerprint density at radius 3 is 2.49 bits per heavy atom. The highest BCUT2D eigenvalue weighted by atomic mass is 35.5. The van der Waals surface area contributed by atoms with Gasteiger partial charge in [0.2, 0.25) is 5.91 Å². The van der Waals surface area contributed by atoms with Crippen LogP contribution in [-0.4, -0.2) is 51.7 Å². The molecule has 2 N–H and O–H groups in total. The fraction of sp³-hybridized carbons (Fsp3) is 0.133. The van der Waals surface area contributed by atoms with Gasteiger partial charge in [-0.05, 0) is 60.2 Å². The third kappa shape index (κ3) is 6.07. The summed E-state index contributed by atoms with van der Waals surface area (Å²) in [6.45, 7) is -0.0142. The topological polar surface area (TPSA) is 131 Å². The Kier molecular flexibility index (Phi) is 8.02. The predicted molar refractivity (Wildman–Crippen MR) is 152 cm³/mol. The van der Waals surface area contributed by atoms with Gasteiger partial charge in [-0.25, -0.2) is 4.79 Å². The standard InChI is InChI=1S/C30H24ClN5O5/c1-41-30(40)22-10-8-18(14-24(22)34-27(37)23-7-3-5-13-33-23)17-36-26(16-20-6-2-4-12-32-20)28(38)35-25-15-19(31)9-11-21(25)29(36)39/h2-15,26H,16-17H2,1H3,(H,34,37)(H,35,38)/t26-/m1/s1. The molecule has 0 bridgehead atoms. The van der Waals surface area contributed by atoms with E-state index in [4.69, 9.17) is 16.3 Å². The average Bonchev–Trinajstić information content (AvgIpc) is 3.07. The third-order valence-corrected chi connectivity index (χ3v) is 6.76. The molecule has 5 rings (SSSR count). The largest absolute Gasteiger partial charge is 0.465 e. The number of amides is 3. The molecule has 0 unspecified atom stereocenters. The van der Waals surface area contributed by atoms with Gasteiger partial charge in [0, 0.05) is 36.1 Å². The van der Waals surface area contributed by atoms with Crippen molar-refractivity contribution in [2.75, 3.05) is 17.7 Å². The summed E-state index contributed by atoms with van der Waals surface area (Å²) in [5.74, 6) is -1.99. The highest BCUT2D eigenvalue weighted by Gasteiger charge is 2.36. The van der Waals surface area contributed by atoms with Gasteiger partial charge in [-0.15, -0.1) is 0 Å². The lowest BCUT2D eigenvalue weighted by molar-refractivity contribution is -0.120. The Balaban J connectivity index is 1.53. The van der Waals surface area contributed by atoms with E-state index in [0.29, 0.717) is 22.0 Å². The van der Waals surface area contributed by atoms with Crippen molar-refractivity contribution >= 4 is 46.7 Å². The average molecular weight is 570 g/mol. The Labute approximate surface area is 240 Å². The summed E-state index contributed by atoms with van der Waals surface area (Å²) < 4.78 is 4.89. The zero-order valence-electron chi connectivity index (χ0n) is 21.8. The maximum atomic E-state index is 13.9. The Morgan fingerprint density at radius 1 is 1.00 bits per heavy atom. The number of halogens is 1. The van der Waals surface area contributed by atoms with Gasteiger partial charge in [0.1, 0.15) is 11.7 Å². The molecule has 0 fully saturated rings. The van der Waals surface area contributed by atoms with Gasteiger partial charge >= 0.3 is 5.97 Å². The molecular weight excluding hydrogens is 546 g/mol. The number of hydrogen-bond donors (Lipinski definition) is 2. The third-order valence-electron chi connectivity index (χ3n) is 6.53. The first-order valence-electron chi connectivity index (χ1n) is 12.6. The molecular formula is C30H24ClN5O5. The Hall–Kier alpha value is -5.09. The number of esters is 1. The van der Waals surface area contributed by atoms with E-state index in [1.807, 2.05) is 0 Å². The monoisotopic (exact) mass is 569 g/mol. The smallest absolute Gasteiger partial charge is 0.339 e. The van der Waals surface area contributed by atoms with Crippen molar-refractivity contribution in [1.29, 1.82) is 0 Å². The molecule has 1 atom stereocenters. The second-order valence-corrected chi connectivity index (χ2v) is 9.63. The molecule has 2 aromatic heterocycles. The molecule has 10 nitrogen and oxygen atoms in total. The SMILES string of the molecule is COC(=O)c1ccc(CN2C(=O)c3ccc(Cl)cc3NC(=O)[C@H]2Cc2ccccn2)cc1NC(=O)c1ccccn1. The molecule has 0 saturated carbocycles. The first-order chi connectivity index (χ1) is 19.8. The van der Waals surface area contributed by atoms with E-state index in [9.17, 15) is 19.2 Å².